The Labute approximate surface area is 176 Å². The molecule has 2 N–H and O–H groups in total. The first-order valence-corrected chi connectivity index (χ1v) is 10.4. The van der Waals surface area contributed by atoms with Crippen LogP contribution >= 0.6 is 0 Å². The van der Waals surface area contributed by atoms with Crippen molar-refractivity contribution in [3.8, 4) is 0 Å². The Bertz CT molecular complexity index is 1130. The second-order valence-corrected chi connectivity index (χ2v) is 8.38. The number of imidazole rings is 1. The van der Waals surface area contributed by atoms with Gasteiger partial charge in [-0.1, -0.05) is 43.3 Å². The van der Waals surface area contributed by atoms with Gasteiger partial charge in [0.05, 0.1) is 29.6 Å². The summed E-state index contributed by atoms with van der Waals surface area (Å²) in [6, 6.07) is 14.7. The Hall–Kier alpha value is -3.17. The van der Waals surface area contributed by atoms with Crippen molar-refractivity contribution in [1.29, 1.82) is 0 Å². The zero-order valence-electron chi connectivity index (χ0n) is 17.4. The van der Waals surface area contributed by atoms with Crippen molar-refractivity contribution in [1.82, 2.24) is 9.55 Å². The van der Waals surface area contributed by atoms with Gasteiger partial charge in [0, 0.05) is 5.54 Å². The monoisotopic (exact) mass is 402 g/mol. The maximum Gasteiger partial charge on any atom is 0.229 e. The molecule has 1 saturated carbocycles. The van der Waals surface area contributed by atoms with E-state index < -0.39 is 5.60 Å². The highest BCUT2D eigenvalue weighted by Gasteiger charge is 2.38. The molecule has 1 atom stereocenters. The smallest absolute Gasteiger partial charge is 0.229 e. The zero-order chi connectivity index (χ0) is 21.4. The maximum absolute atomic E-state index is 13.0. The number of benzene rings is 2. The van der Waals surface area contributed by atoms with Crippen molar-refractivity contribution in [2.24, 2.45) is 0 Å². The normalized spacial score (nSPS) is 17.0. The number of hydrogen-bond donors (Lipinski definition) is 2. The van der Waals surface area contributed by atoms with Gasteiger partial charge < -0.3 is 9.67 Å². The highest BCUT2D eigenvalue weighted by molar-refractivity contribution is 5.93. The zero-order valence-corrected chi connectivity index (χ0v) is 17.4. The van der Waals surface area contributed by atoms with E-state index in [9.17, 15) is 9.90 Å². The molecule has 1 amide bonds. The molecule has 0 radical (unpaired) electrons. The number of aliphatic hydroxyl groups is 1. The fourth-order valence-corrected chi connectivity index (χ4v) is 4.29. The van der Waals surface area contributed by atoms with E-state index in [0.29, 0.717) is 18.1 Å². The van der Waals surface area contributed by atoms with Crippen molar-refractivity contribution >= 4 is 28.6 Å². The van der Waals surface area contributed by atoms with Crippen LogP contribution in [0.1, 0.15) is 51.5 Å². The Morgan fingerprint density at radius 3 is 2.63 bits per heavy atom. The minimum atomic E-state index is -1.24. The first kappa shape index (κ1) is 20.1. The first-order chi connectivity index (χ1) is 14.4. The van der Waals surface area contributed by atoms with Crippen LogP contribution in [0, 0.1) is 6.57 Å². The van der Waals surface area contributed by atoms with Crippen LogP contribution in [-0.2, 0) is 15.9 Å². The molecule has 0 aliphatic heterocycles. The number of fused-ring (bicyclic) bond motifs is 1. The second-order valence-electron chi connectivity index (χ2n) is 8.38. The van der Waals surface area contributed by atoms with Crippen molar-refractivity contribution < 1.29 is 9.90 Å². The van der Waals surface area contributed by atoms with Crippen LogP contribution in [0.15, 0.2) is 48.5 Å². The van der Waals surface area contributed by atoms with Gasteiger partial charge in [-0.05, 0) is 50.3 Å². The summed E-state index contributed by atoms with van der Waals surface area (Å²) in [6.45, 7) is 11.4. The quantitative estimate of drug-likeness (QED) is 0.563. The van der Waals surface area contributed by atoms with E-state index in [4.69, 9.17) is 6.57 Å². The number of anilines is 1. The summed E-state index contributed by atoms with van der Waals surface area (Å²) in [4.78, 5) is 21.2. The summed E-state index contributed by atoms with van der Waals surface area (Å²) < 4.78 is 2.06. The molecule has 0 spiro atoms. The van der Waals surface area contributed by atoms with E-state index in [1.165, 1.54) is 0 Å². The summed E-state index contributed by atoms with van der Waals surface area (Å²) in [5.41, 5.74) is 1.50. The Morgan fingerprint density at radius 2 is 2.03 bits per heavy atom. The van der Waals surface area contributed by atoms with Gasteiger partial charge in [0.15, 0.2) is 5.69 Å². The summed E-state index contributed by atoms with van der Waals surface area (Å²) >= 11 is 0. The third-order valence-electron chi connectivity index (χ3n) is 6.34. The SMILES string of the molecule is [C-]#[N+]c1ccc2nc(NC(=O)CC(O)(CC)c3ccccc3)n(C3(C)CCC3)c2c1. The molecule has 1 aromatic heterocycles. The predicted octanol–water partition coefficient (Wildman–Crippen LogP) is 5.11. The van der Waals surface area contributed by atoms with Crippen LogP contribution in [0.4, 0.5) is 11.6 Å². The van der Waals surface area contributed by atoms with Crippen LogP contribution < -0.4 is 5.32 Å². The van der Waals surface area contributed by atoms with Gasteiger partial charge in [-0.25, -0.2) is 9.83 Å². The number of rotatable bonds is 6. The lowest BCUT2D eigenvalue weighted by atomic mass is 9.78. The molecule has 6 nitrogen and oxygen atoms in total. The summed E-state index contributed by atoms with van der Waals surface area (Å²) in [5, 5.41) is 14.1. The van der Waals surface area contributed by atoms with Gasteiger partial charge >= 0.3 is 0 Å². The molecule has 1 unspecified atom stereocenters. The van der Waals surface area contributed by atoms with Crippen molar-refractivity contribution in [2.75, 3.05) is 5.32 Å². The van der Waals surface area contributed by atoms with E-state index in [-0.39, 0.29) is 17.9 Å². The minimum Gasteiger partial charge on any atom is -0.385 e. The number of amides is 1. The van der Waals surface area contributed by atoms with E-state index in [2.05, 4.69) is 26.6 Å². The van der Waals surface area contributed by atoms with Gasteiger partial charge in [-0.15, -0.1) is 0 Å². The number of nitrogens with zero attached hydrogens (tertiary/aromatic N) is 3. The Kier molecular flexibility index (Phi) is 5.08. The van der Waals surface area contributed by atoms with Crippen LogP contribution in [-0.4, -0.2) is 20.6 Å². The molecule has 3 aromatic rings. The number of aromatic nitrogens is 2. The highest BCUT2D eigenvalue weighted by atomic mass is 16.3. The fourth-order valence-electron chi connectivity index (χ4n) is 4.29. The molecule has 0 saturated heterocycles. The number of nitrogens with one attached hydrogen (secondary N) is 1. The minimum absolute atomic E-state index is 0.0548. The van der Waals surface area contributed by atoms with Crippen LogP contribution in [0.25, 0.3) is 15.9 Å². The fraction of sp³-hybridized carbons (Fsp3) is 0.375. The summed E-state index contributed by atoms with van der Waals surface area (Å²) in [5.74, 6) is 0.193. The molecular formula is C24H26N4O2. The van der Waals surface area contributed by atoms with Crippen LogP contribution in [0.3, 0.4) is 0 Å². The average molecular weight is 402 g/mol. The number of carbonyl (C=O) groups is 1. The van der Waals surface area contributed by atoms with Crippen molar-refractivity contribution in [3.05, 3.63) is 65.5 Å². The van der Waals surface area contributed by atoms with E-state index in [0.717, 1.165) is 35.9 Å². The third kappa shape index (κ3) is 3.46. The Morgan fingerprint density at radius 1 is 1.30 bits per heavy atom. The molecular weight excluding hydrogens is 376 g/mol. The topological polar surface area (TPSA) is 71.5 Å². The van der Waals surface area contributed by atoms with Gasteiger partial charge in [0.1, 0.15) is 0 Å². The summed E-state index contributed by atoms with van der Waals surface area (Å²) in [6.07, 6.45) is 3.47. The van der Waals surface area contributed by atoms with E-state index in [1.807, 2.05) is 49.4 Å². The molecule has 1 heterocycles. The standard InChI is InChI=1S/C24H26N4O2/c1-4-24(30,17-9-6-5-7-10-17)16-21(29)27-22-26-19-12-11-18(25-3)15-20(19)28(22)23(2)13-8-14-23/h5-7,9-12,15,30H,4,8,13-14,16H2,1-2H3,(H,26,27,29). The van der Waals surface area contributed by atoms with Crippen LogP contribution in [0.2, 0.25) is 0 Å². The predicted molar refractivity (Wildman–Crippen MR) is 117 cm³/mol. The maximum atomic E-state index is 13.0. The van der Waals surface area contributed by atoms with Gasteiger partial charge in [0.25, 0.3) is 0 Å². The number of carbonyl (C=O) groups excluding carboxylic acids is 1. The molecule has 2 aromatic carbocycles. The lowest BCUT2D eigenvalue weighted by Gasteiger charge is -2.41. The lowest BCUT2D eigenvalue weighted by molar-refractivity contribution is -0.121. The molecule has 6 heteroatoms. The van der Waals surface area contributed by atoms with Gasteiger partial charge in [0.2, 0.25) is 11.9 Å². The lowest BCUT2D eigenvalue weighted by Crippen LogP contribution is -2.39. The highest BCUT2D eigenvalue weighted by Crippen LogP contribution is 2.43. The largest absolute Gasteiger partial charge is 0.385 e. The molecule has 154 valence electrons. The molecule has 30 heavy (non-hydrogen) atoms. The first-order valence-electron chi connectivity index (χ1n) is 10.4. The number of hydrogen-bond acceptors (Lipinski definition) is 3. The van der Waals surface area contributed by atoms with Gasteiger partial charge in [-0.3, -0.25) is 10.1 Å². The molecule has 1 fully saturated rings. The average Bonchev–Trinajstić information content (AvgIpc) is 3.09. The van der Waals surface area contributed by atoms with Gasteiger partial charge in [-0.2, -0.15) is 0 Å². The summed E-state index contributed by atoms with van der Waals surface area (Å²) in [7, 11) is 0. The van der Waals surface area contributed by atoms with Crippen molar-refractivity contribution in [2.45, 2.75) is 57.1 Å². The van der Waals surface area contributed by atoms with E-state index in [1.54, 1.807) is 6.07 Å². The molecule has 0 bridgehead atoms. The third-order valence-corrected chi connectivity index (χ3v) is 6.34. The molecule has 4 rings (SSSR count). The molecule has 1 aliphatic rings. The Balaban J connectivity index is 1.67. The van der Waals surface area contributed by atoms with Crippen molar-refractivity contribution in [3.63, 3.8) is 0 Å². The van der Waals surface area contributed by atoms with E-state index >= 15 is 0 Å². The second kappa shape index (κ2) is 7.58. The van der Waals surface area contributed by atoms with Crippen LogP contribution in [0.5, 0.6) is 0 Å². The molecule has 1 aliphatic carbocycles.